The average molecular weight is 350 g/mol. The number of nitrogens with zero attached hydrogens (tertiary/aromatic N) is 1. The molecule has 3 amide bonds. The maximum absolute atomic E-state index is 12.5. The predicted molar refractivity (Wildman–Crippen MR) is 101 cm³/mol. The highest BCUT2D eigenvalue weighted by Gasteiger charge is 2.30. The zero-order valence-corrected chi connectivity index (χ0v) is 14.8. The molecule has 0 bridgehead atoms. The van der Waals surface area contributed by atoms with Crippen molar-refractivity contribution in [3.05, 3.63) is 59.7 Å². The number of carbonyl (C=O) groups is 3. The van der Waals surface area contributed by atoms with Gasteiger partial charge in [-0.25, -0.2) is 0 Å². The number of hydrogen-bond acceptors (Lipinski definition) is 3. The van der Waals surface area contributed by atoms with E-state index in [9.17, 15) is 14.4 Å². The number of carbonyl (C=O) groups excluding carboxylic acids is 3. The molecule has 0 unspecified atom stereocenters. The van der Waals surface area contributed by atoms with E-state index in [1.165, 1.54) is 5.56 Å². The van der Waals surface area contributed by atoms with Gasteiger partial charge in [0.05, 0.1) is 5.69 Å². The minimum atomic E-state index is -0.271. The van der Waals surface area contributed by atoms with Crippen LogP contribution in [0, 0.1) is 0 Å². The van der Waals surface area contributed by atoms with Crippen molar-refractivity contribution in [2.45, 2.75) is 39.0 Å². The molecule has 0 spiro atoms. The monoisotopic (exact) mass is 350 g/mol. The lowest BCUT2D eigenvalue weighted by Crippen LogP contribution is -2.28. The second-order valence-electron chi connectivity index (χ2n) is 6.43. The minimum Gasteiger partial charge on any atom is -0.322 e. The van der Waals surface area contributed by atoms with Gasteiger partial charge in [0.15, 0.2) is 0 Å². The van der Waals surface area contributed by atoms with E-state index < -0.39 is 0 Å². The van der Waals surface area contributed by atoms with E-state index in [0.29, 0.717) is 16.9 Å². The Morgan fingerprint density at radius 3 is 2.38 bits per heavy atom. The van der Waals surface area contributed by atoms with Crippen LogP contribution in [0.25, 0.3) is 0 Å². The number of rotatable bonds is 6. The lowest BCUT2D eigenvalue weighted by Gasteiger charge is -2.15. The quantitative estimate of drug-likeness (QED) is 0.803. The van der Waals surface area contributed by atoms with E-state index >= 15 is 0 Å². The highest BCUT2D eigenvalue weighted by Crippen LogP contribution is 2.24. The molecule has 134 valence electrons. The highest BCUT2D eigenvalue weighted by atomic mass is 16.2. The standard InChI is InChI=1S/C21H22N2O3/c1-2-3-5-15-8-10-17(11-9-15)22-21(26)16-6-4-7-18(14-16)23-19(24)12-13-20(23)25/h4,6-11,14H,2-3,5,12-13H2,1H3,(H,22,26). The van der Waals surface area contributed by atoms with Crippen molar-refractivity contribution in [2.24, 2.45) is 0 Å². The molecule has 0 aromatic heterocycles. The first-order chi connectivity index (χ1) is 12.6. The molecule has 5 heteroatoms. The zero-order chi connectivity index (χ0) is 18.5. The van der Waals surface area contributed by atoms with E-state index in [0.717, 1.165) is 24.2 Å². The summed E-state index contributed by atoms with van der Waals surface area (Å²) in [7, 11) is 0. The molecule has 2 aromatic rings. The van der Waals surface area contributed by atoms with Gasteiger partial charge in [0.1, 0.15) is 0 Å². The van der Waals surface area contributed by atoms with Crippen LogP contribution < -0.4 is 10.2 Å². The predicted octanol–water partition coefficient (Wildman–Crippen LogP) is 3.93. The Hall–Kier alpha value is -2.95. The molecule has 26 heavy (non-hydrogen) atoms. The largest absolute Gasteiger partial charge is 0.322 e. The van der Waals surface area contributed by atoms with Crippen LogP contribution in [-0.2, 0) is 16.0 Å². The molecule has 2 aromatic carbocycles. The van der Waals surface area contributed by atoms with Crippen LogP contribution in [0.15, 0.2) is 48.5 Å². The number of nitrogens with one attached hydrogen (secondary N) is 1. The summed E-state index contributed by atoms with van der Waals surface area (Å²) in [6.45, 7) is 2.16. The maximum atomic E-state index is 12.5. The number of anilines is 2. The Morgan fingerprint density at radius 1 is 1.04 bits per heavy atom. The fraction of sp³-hybridized carbons (Fsp3) is 0.286. The molecular formula is C21H22N2O3. The number of benzene rings is 2. The van der Waals surface area contributed by atoms with Crippen molar-refractivity contribution in [1.82, 2.24) is 0 Å². The van der Waals surface area contributed by atoms with Crippen LogP contribution in [0.5, 0.6) is 0 Å². The second-order valence-corrected chi connectivity index (χ2v) is 6.43. The molecule has 1 saturated heterocycles. The fourth-order valence-electron chi connectivity index (χ4n) is 2.99. The van der Waals surface area contributed by atoms with Crippen molar-refractivity contribution < 1.29 is 14.4 Å². The van der Waals surface area contributed by atoms with Crippen LogP contribution in [-0.4, -0.2) is 17.7 Å². The third-order valence-electron chi connectivity index (χ3n) is 4.45. The van der Waals surface area contributed by atoms with Gasteiger partial charge in [0, 0.05) is 24.1 Å². The zero-order valence-electron chi connectivity index (χ0n) is 14.8. The van der Waals surface area contributed by atoms with Crippen molar-refractivity contribution in [3.8, 4) is 0 Å². The first kappa shape index (κ1) is 17.9. The van der Waals surface area contributed by atoms with Gasteiger partial charge >= 0.3 is 0 Å². The van der Waals surface area contributed by atoms with E-state index in [4.69, 9.17) is 0 Å². The summed E-state index contributed by atoms with van der Waals surface area (Å²) in [4.78, 5) is 37.4. The van der Waals surface area contributed by atoms with E-state index in [1.807, 2.05) is 24.3 Å². The molecule has 3 rings (SSSR count). The summed E-state index contributed by atoms with van der Waals surface area (Å²) in [6, 6.07) is 14.4. The molecule has 0 atom stereocenters. The van der Waals surface area contributed by atoms with Crippen LogP contribution in [0.1, 0.15) is 48.5 Å². The van der Waals surface area contributed by atoms with Gasteiger partial charge in [-0.05, 0) is 48.7 Å². The Morgan fingerprint density at radius 2 is 1.73 bits per heavy atom. The van der Waals surface area contributed by atoms with Gasteiger partial charge in [0.25, 0.3) is 5.91 Å². The Balaban J connectivity index is 1.71. The third kappa shape index (κ3) is 3.99. The molecule has 1 aliphatic rings. The number of amides is 3. The molecule has 0 radical (unpaired) electrons. The van der Waals surface area contributed by atoms with Gasteiger partial charge in [-0.3, -0.25) is 19.3 Å². The number of unbranched alkanes of at least 4 members (excludes halogenated alkanes) is 1. The van der Waals surface area contributed by atoms with E-state index in [-0.39, 0.29) is 30.6 Å². The summed E-state index contributed by atoms with van der Waals surface area (Å²) < 4.78 is 0. The third-order valence-corrected chi connectivity index (χ3v) is 4.45. The maximum Gasteiger partial charge on any atom is 0.255 e. The van der Waals surface area contributed by atoms with E-state index in [2.05, 4.69) is 12.2 Å². The van der Waals surface area contributed by atoms with Crippen molar-refractivity contribution in [3.63, 3.8) is 0 Å². The summed E-state index contributed by atoms with van der Waals surface area (Å²) in [5, 5.41) is 2.85. The average Bonchev–Trinajstić information content (AvgIpc) is 2.99. The van der Waals surface area contributed by atoms with Crippen molar-refractivity contribution in [2.75, 3.05) is 10.2 Å². The second kappa shape index (κ2) is 7.95. The van der Waals surface area contributed by atoms with Crippen LogP contribution in [0.4, 0.5) is 11.4 Å². The van der Waals surface area contributed by atoms with Crippen LogP contribution >= 0.6 is 0 Å². The Bertz CT molecular complexity index is 811. The van der Waals surface area contributed by atoms with Gasteiger partial charge in [-0.2, -0.15) is 0 Å². The normalized spacial score (nSPS) is 14.0. The van der Waals surface area contributed by atoms with Crippen molar-refractivity contribution >= 4 is 29.1 Å². The lowest BCUT2D eigenvalue weighted by molar-refractivity contribution is -0.121. The topological polar surface area (TPSA) is 66.5 Å². The molecule has 1 heterocycles. The van der Waals surface area contributed by atoms with Gasteiger partial charge in [-0.15, -0.1) is 0 Å². The molecule has 1 N–H and O–H groups in total. The van der Waals surface area contributed by atoms with Gasteiger partial charge in [-0.1, -0.05) is 31.5 Å². The first-order valence-electron chi connectivity index (χ1n) is 8.94. The van der Waals surface area contributed by atoms with Crippen molar-refractivity contribution in [1.29, 1.82) is 0 Å². The molecule has 0 saturated carbocycles. The summed E-state index contributed by atoms with van der Waals surface area (Å²) in [5.41, 5.74) is 2.82. The molecular weight excluding hydrogens is 328 g/mol. The fourth-order valence-corrected chi connectivity index (χ4v) is 2.99. The molecule has 1 aliphatic heterocycles. The van der Waals surface area contributed by atoms with Gasteiger partial charge < -0.3 is 5.32 Å². The van der Waals surface area contributed by atoms with Gasteiger partial charge in [0.2, 0.25) is 11.8 Å². The SMILES string of the molecule is CCCCc1ccc(NC(=O)c2cccc(N3C(=O)CCC3=O)c2)cc1. The van der Waals surface area contributed by atoms with Crippen LogP contribution in [0.3, 0.4) is 0 Å². The Labute approximate surface area is 153 Å². The molecule has 0 aliphatic carbocycles. The number of imide groups is 1. The smallest absolute Gasteiger partial charge is 0.255 e. The number of aryl methyl sites for hydroxylation is 1. The highest BCUT2D eigenvalue weighted by molar-refractivity contribution is 6.20. The molecule has 5 nitrogen and oxygen atoms in total. The summed E-state index contributed by atoms with van der Waals surface area (Å²) in [6.07, 6.45) is 3.77. The minimum absolute atomic E-state index is 0.222. The summed E-state index contributed by atoms with van der Waals surface area (Å²) in [5.74, 6) is -0.724. The number of hydrogen-bond donors (Lipinski definition) is 1. The molecule has 1 fully saturated rings. The van der Waals surface area contributed by atoms with E-state index in [1.54, 1.807) is 24.3 Å². The summed E-state index contributed by atoms with van der Waals surface area (Å²) >= 11 is 0. The van der Waals surface area contributed by atoms with Crippen LogP contribution in [0.2, 0.25) is 0 Å². The Kier molecular flexibility index (Phi) is 5.46. The lowest BCUT2D eigenvalue weighted by atomic mass is 10.1. The first-order valence-corrected chi connectivity index (χ1v) is 8.94.